The number of aromatic nitrogens is 8. The SMILES string of the molecule is Nc1nc(C#CC2(O)C3CC4CC(C3)CC2C4)nc2c1ncn2[C@@H]1O[C@H](CO)C(O)[C@@H]1O.Nc1nc(I)nc2c1ncn2[C@@H]1O[C@H](CO)C(O)[C@@H]1O. The number of aliphatic hydroxyl groups excluding tert-OH is 6. The average Bonchev–Trinajstić information content (AvgIpc) is 3.87. The fourth-order valence-electron chi connectivity index (χ4n) is 8.76. The van der Waals surface area contributed by atoms with Crippen molar-refractivity contribution in [3.63, 3.8) is 0 Å². The first-order valence-electron chi connectivity index (χ1n) is 17.1. The Labute approximate surface area is 309 Å². The predicted molar refractivity (Wildman–Crippen MR) is 187 cm³/mol. The Morgan fingerprint density at radius 3 is 1.69 bits per heavy atom. The number of aliphatic hydroxyl groups is 7. The zero-order valence-electron chi connectivity index (χ0n) is 27.6. The van der Waals surface area contributed by atoms with Gasteiger partial charge in [0.2, 0.25) is 5.82 Å². The summed E-state index contributed by atoms with van der Waals surface area (Å²) in [5.74, 6) is 8.39. The first kappa shape index (κ1) is 35.6. The van der Waals surface area contributed by atoms with Crippen molar-refractivity contribution in [2.45, 2.75) is 86.8 Å². The monoisotopic (exact) mass is 834 g/mol. The molecule has 19 nitrogen and oxygen atoms in total. The fraction of sp³-hybridized carbons (Fsp3) is 0.625. The largest absolute Gasteiger partial charge is 0.394 e. The maximum atomic E-state index is 11.5. The van der Waals surface area contributed by atoms with E-state index >= 15 is 0 Å². The molecule has 0 radical (unpaired) electrons. The molecule has 4 aromatic rings. The summed E-state index contributed by atoms with van der Waals surface area (Å²) in [6.45, 7) is -0.826. The minimum absolute atomic E-state index is 0.127. The summed E-state index contributed by atoms with van der Waals surface area (Å²) in [5.41, 5.74) is 12.2. The summed E-state index contributed by atoms with van der Waals surface area (Å²) in [7, 11) is 0. The summed E-state index contributed by atoms with van der Waals surface area (Å²) in [6, 6.07) is 0. The lowest BCUT2D eigenvalue weighted by Gasteiger charge is -2.56. The van der Waals surface area contributed by atoms with Crippen LogP contribution in [0.1, 0.15) is 50.4 Å². The van der Waals surface area contributed by atoms with Gasteiger partial charge in [0.15, 0.2) is 39.2 Å². The van der Waals surface area contributed by atoms with Gasteiger partial charge in [0, 0.05) is 22.6 Å². The Bertz CT molecular complexity index is 2020. The Balaban J connectivity index is 0.000000166. The smallest absolute Gasteiger partial charge is 0.209 e. The van der Waals surface area contributed by atoms with Gasteiger partial charge in [0.25, 0.3) is 0 Å². The highest BCUT2D eigenvalue weighted by Gasteiger charge is 2.56. The molecule has 4 aliphatic carbocycles. The van der Waals surface area contributed by atoms with Crippen LogP contribution in [0.25, 0.3) is 22.3 Å². The molecule has 6 aliphatic rings. The molecule has 0 amide bonds. The Morgan fingerprint density at radius 1 is 0.731 bits per heavy atom. The van der Waals surface area contributed by atoms with Gasteiger partial charge in [0.1, 0.15) is 53.3 Å². The Kier molecular flexibility index (Phi) is 9.25. The van der Waals surface area contributed by atoms with Gasteiger partial charge in [-0.05, 0) is 61.7 Å². The van der Waals surface area contributed by atoms with Crippen molar-refractivity contribution in [2.75, 3.05) is 24.7 Å². The van der Waals surface area contributed by atoms with Gasteiger partial charge < -0.3 is 56.7 Å². The topological polar surface area (TPSA) is 299 Å². The number of halogens is 1. The molecule has 11 N–H and O–H groups in total. The number of nitrogens with two attached hydrogens (primary N) is 2. The molecule has 52 heavy (non-hydrogen) atoms. The highest BCUT2D eigenvalue weighted by Crippen LogP contribution is 2.58. The molecule has 6 heterocycles. The lowest BCUT2D eigenvalue weighted by molar-refractivity contribution is -0.136. The maximum absolute atomic E-state index is 11.5. The number of rotatable bonds is 4. The molecule has 8 atom stereocenters. The maximum Gasteiger partial charge on any atom is 0.209 e. The van der Waals surface area contributed by atoms with Gasteiger partial charge in [-0.2, -0.15) is 0 Å². The molecule has 4 bridgehead atoms. The highest BCUT2D eigenvalue weighted by atomic mass is 127. The van der Waals surface area contributed by atoms with E-state index in [2.05, 4.69) is 41.7 Å². The van der Waals surface area contributed by atoms with Crippen LogP contribution in [0.2, 0.25) is 0 Å². The summed E-state index contributed by atoms with van der Waals surface area (Å²) >= 11 is 1.92. The number of fused-ring (bicyclic) bond motifs is 2. The van der Waals surface area contributed by atoms with Crippen LogP contribution in [-0.4, -0.2) is 130 Å². The van der Waals surface area contributed by atoms with Crippen LogP contribution in [0.4, 0.5) is 11.6 Å². The van der Waals surface area contributed by atoms with Crippen molar-refractivity contribution in [1.29, 1.82) is 0 Å². The third-order valence-electron chi connectivity index (χ3n) is 11.2. The van der Waals surface area contributed by atoms with Crippen molar-refractivity contribution in [3.05, 3.63) is 22.3 Å². The third-order valence-corrected chi connectivity index (χ3v) is 11.7. The zero-order valence-corrected chi connectivity index (χ0v) is 29.7. The molecule has 2 saturated heterocycles. The quantitative estimate of drug-likeness (QED) is 0.0622. The van der Waals surface area contributed by atoms with E-state index in [4.69, 9.17) is 26.0 Å². The number of anilines is 2. The minimum Gasteiger partial charge on any atom is -0.394 e. The van der Waals surface area contributed by atoms with E-state index in [1.807, 2.05) is 22.6 Å². The van der Waals surface area contributed by atoms with Crippen LogP contribution in [0.15, 0.2) is 12.7 Å². The van der Waals surface area contributed by atoms with Crippen molar-refractivity contribution < 1.29 is 45.2 Å². The lowest BCUT2D eigenvalue weighted by Crippen LogP contribution is -2.56. The first-order valence-corrected chi connectivity index (χ1v) is 18.1. The molecule has 4 aromatic heterocycles. The number of ether oxygens (including phenoxy) is 2. The first-order chi connectivity index (χ1) is 24.9. The van der Waals surface area contributed by atoms with E-state index in [9.17, 15) is 30.6 Å². The summed E-state index contributed by atoms with van der Waals surface area (Å²) < 4.78 is 14.4. The molecular weight excluding hydrogens is 795 g/mol. The van der Waals surface area contributed by atoms with E-state index in [-0.39, 0.29) is 29.3 Å². The fourth-order valence-corrected chi connectivity index (χ4v) is 9.25. The zero-order chi connectivity index (χ0) is 36.6. The van der Waals surface area contributed by atoms with Gasteiger partial charge in [-0.3, -0.25) is 9.13 Å². The molecule has 10 rings (SSSR count). The second-order valence-electron chi connectivity index (χ2n) is 14.3. The standard InChI is InChI=1S/C22H27N5O5.C10H12IN5O4/c23-19-16-20(27(9-24-16)21-18(30)17(29)14(8-28)32-21)26-15(25-19)1-2-22(31)12-4-10-3-11(6-12)7-13(22)5-10;11-10-14-7(12)4-8(15-10)16(2-13-4)9-6(19)5(18)3(1-17)20-9/h9-14,17-18,21,28-31H,3-8H2,(H2,23,25,26);2-3,5-6,9,17-19H,1H2,(H2,12,14,15)/t10?,11?,12?,13?,14-,17?,18+,21-,22?;3-,5?,6+,9-/m11/s1. The van der Waals surface area contributed by atoms with Crippen molar-refractivity contribution in [1.82, 2.24) is 39.0 Å². The van der Waals surface area contributed by atoms with Crippen LogP contribution in [0.3, 0.4) is 0 Å². The molecule has 2 unspecified atom stereocenters. The molecular formula is C32H39IN10O9. The summed E-state index contributed by atoms with van der Waals surface area (Å²) in [4.78, 5) is 25.2. The third kappa shape index (κ3) is 5.87. The van der Waals surface area contributed by atoms with Gasteiger partial charge in [0.05, 0.1) is 25.9 Å². The van der Waals surface area contributed by atoms with E-state index in [1.165, 1.54) is 28.2 Å². The summed E-state index contributed by atoms with van der Waals surface area (Å²) in [6.07, 6.45) is -0.346. The molecule has 6 fully saturated rings. The predicted octanol–water partition coefficient (Wildman–Crippen LogP) is -1.82. The normalized spacial score (nSPS) is 37.7. The minimum atomic E-state index is -1.27. The number of hydrogen-bond donors (Lipinski definition) is 9. The van der Waals surface area contributed by atoms with Crippen LogP contribution >= 0.6 is 22.6 Å². The average molecular weight is 835 g/mol. The second-order valence-corrected chi connectivity index (χ2v) is 15.3. The lowest BCUT2D eigenvalue weighted by atomic mass is 9.50. The Hall–Kier alpha value is -3.37. The molecule has 20 heteroatoms. The number of nitrogens with zero attached hydrogens (tertiary/aromatic N) is 8. The van der Waals surface area contributed by atoms with Crippen LogP contribution in [0.5, 0.6) is 0 Å². The van der Waals surface area contributed by atoms with Crippen LogP contribution < -0.4 is 11.5 Å². The molecule has 278 valence electrons. The van der Waals surface area contributed by atoms with Crippen molar-refractivity contribution in [3.8, 4) is 11.8 Å². The second kappa shape index (κ2) is 13.5. The molecule has 2 aliphatic heterocycles. The van der Waals surface area contributed by atoms with Crippen molar-refractivity contribution in [2.24, 2.45) is 23.7 Å². The number of imidazole rings is 2. The highest BCUT2D eigenvalue weighted by molar-refractivity contribution is 14.1. The van der Waals surface area contributed by atoms with Crippen molar-refractivity contribution >= 4 is 56.6 Å². The van der Waals surface area contributed by atoms with Gasteiger partial charge in [-0.1, -0.05) is 5.92 Å². The Morgan fingerprint density at radius 2 is 1.21 bits per heavy atom. The van der Waals surface area contributed by atoms with E-state index in [0.717, 1.165) is 25.7 Å². The van der Waals surface area contributed by atoms with Crippen LogP contribution in [0, 0.1) is 39.3 Å². The molecule has 0 spiro atoms. The van der Waals surface area contributed by atoms with Gasteiger partial charge >= 0.3 is 0 Å². The van der Waals surface area contributed by atoms with E-state index < -0.39 is 67.9 Å². The summed E-state index contributed by atoms with van der Waals surface area (Å²) in [5, 5.41) is 70.2. The molecule has 0 aromatic carbocycles. The van der Waals surface area contributed by atoms with E-state index in [0.29, 0.717) is 38.0 Å². The van der Waals surface area contributed by atoms with Gasteiger partial charge in [-0.15, -0.1) is 0 Å². The van der Waals surface area contributed by atoms with Gasteiger partial charge in [-0.25, -0.2) is 29.9 Å². The number of hydrogen-bond acceptors (Lipinski definition) is 17. The number of nitrogen functional groups attached to an aromatic ring is 2. The molecule has 4 saturated carbocycles. The van der Waals surface area contributed by atoms with Crippen LogP contribution in [-0.2, 0) is 9.47 Å². The van der Waals surface area contributed by atoms with E-state index in [1.54, 1.807) is 0 Å².